The third kappa shape index (κ3) is 6.45. The van der Waals surface area contributed by atoms with Crippen LogP contribution in [0.3, 0.4) is 0 Å². The molecular formula is C22H32N2O6. The molecule has 1 aliphatic rings. The van der Waals surface area contributed by atoms with E-state index < -0.39 is 23.2 Å². The van der Waals surface area contributed by atoms with Crippen LogP contribution in [0, 0.1) is 0 Å². The lowest BCUT2D eigenvalue weighted by Crippen LogP contribution is -2.46. The predicted octanol–water partition coefficient (Wildman–Crippen LogP) is 3.14. The highest BCUT2D eigenvalue weighted by atomic mass is 16.6. The molecule has 1 saturated heterocycles. The van der Waals surface area contributed by atoms with Gasteiger partial charge in [-0.1, -0.05) is 19.1 Å². The Bertz CT molecular complexity index is 761. The van der Waals surface area contributed by atoms with Crippen molar-refractivity contribution < 1.29 is 29.3 Å². The Morgan fingerprint density at radius 2 is 1.73 bits per heavy atom. The molecule has 1 fully saturated rings. The number of nitrogens with one attached hydrogen (secondary N) is 1. The standard InChI is InChI=1S/C22H32N2O6/c1-5-18(25)17(14-19(26)27)23-16-8-6-15(7-9-16)22(29)10-12-24(13-11-22)20(28)30-21(2,3)4/h6-9,17,23,29H,5,10-14H2,1-4H3,(H,26,27). The van der Waals surface area contributed by atoms with Crippen LogP contribution < -0.4 is 5.32 Å². The van der Waals surface area contributed by atoms with Crippen LogP contribution in [0.4, 0.5) is 10.5 Å². The number of Topliss-reactive ketones (excluding diaryl/α,β-unsaturated/α-hetero) is 1. The molecule has 1 aromatic rings. The number of anilines is 1. The number of piperidine rings is 1. The van der Waals surface area contributed by atoms with E-state index in [1.807, 2.05) is 20.8 Å². The highest BCUT2D eigenvalue weighted by Crippen LogP contribution is 2.34. The van der Waals surface area contributed by atoms with Crippen LogP contribution in [0.1, 0.15) is 58.9 Å². The zero-order valence-corrected chi connectivity index (χ0v) is 18.1. The summed E-state index contributed by atoms with van der Waals surface area (Å²) in [7, 11) is 0. The van der Waals surface area contributed by atoms with Gasteiger partial charge in [0.25, 0.3) is 0 Å². The molecule has 1 atom stereocenters. The predicted molar refractivity (Wildman–Crippen MR) is 112 cm³/mol. The first-order valence-corrected chi connectivity index (χ1v) is 10.3. The lowest BCUT2D eigenvalue weighted by atomic mass is 9.84. The van der Waals surface area contributed by atoms with Crippen LogP contribution >= 0.6 is 0 Å². The van der Waals surface area contributed by atoms with Crippen LogP contribution in [-0.2, 0) is 19.9 Å². The molecule has 0 aromatic heterocycles. The van der Waals surface area contributed by atoms with E-state index in [0.29, 0.717) is 37.2 Å². The number of rotatable bonds is 7. The van der Waals surface area contributed by atoms with Crippen LogP contribution in [0.2, 0.25) is 0 Å². The fraction of sp³-hybridized carbons (Fsp3) is 0.591. The summed E-state index contributed by atoms with van der Waals surface area (Å²) >= 11 is 0. The molecule has 3 N–H and O–H groups in total. The first-order chi connectivity index (χ1) is 13.9. The minimum absolute atomic E-state index is 0.172. The zero-order valence-electron chi connectivity index (χ0n) is 18.1. The number of nitrogens with zero attached hydrogens (tertiary/aromatic N) is 1. The lowest BCUT2D eigenvalue weighted by molar-refractivity contribution is -0.138. The maximum Gasteiger partial charge on any atom is 0.410 e. The summed E-state index contributed by atoms with van der Waals surface area (Å²) in [5.41, 5.74) is -0.294. The maximum absolute atomic E-state index is 12.2. The number of amides is 1. The fourth-order valence-corrected chi connectivity index (χ4v) is 3.42. The summed E-state index contributed by atoms with van der Waals surface area (Å²) in [5, 5.41) is 23.0. The topological polar surface area (TPSA) is 116 Å². The molecule has 0 spiro atoms. The van der Waals surface area contributed by atoms with Gasteiger partial charge in [-0.05, 0) is 51.3 Å². The van der Waals surface area contributed by atoms with Crippen molar-refractivity contribution in [3.05, 3.63) is 29.8 Å². The molecule has 1 aliphatic heterocycles. The highest BCUT2D eigenvalue weighted by Gasteiger charge is 2.36. The quantitative estimate of drug-likeness (QED) is 0.620. The van der Waals surface area contributed by atoms with E-state index in [2.05, 4.69) is 5.32 Å². The van der Waals surface area contributed by atoms with Gasteiger partial charge in [0.1, 0.15) is 5.60 Å². The van der Waals surface area contributed by atoms with Crippen molar-refractivity contribution in [2.24, 2.45) is 0 Å². The van der Waals surface area contributed by atoms with Gasteiger partial charge in [-0.3, -0.25) is 9.59 Å². The molecular weight excluding hydrogens is 388 g/mol. The number of aliphatic hydroxyl groups is 1. The summed E-state index contributed by atoms with van der Waals surface area (Å²) in [4.78, 5) is 36.8. The summed E-state index contributed by atoms with van der Waals surface area (Å²) < 4.78 is 5.39. The largest absolute Gasteiger partial charge is 0.481 e. The molecule has 8 heteroatoms. The van der Waals surface area contributed by atoms with Crippen molar-refractivity contribution in [1.82, 2.24) is 4.90 Å². The summed E-state index contributed by atoms with van der Waals surface area (Å²) in [5.74, 6) is -1.22. The van der Waals surface area contributed by atoms with Gasteiger partial charge < -0.3 is 25.2 Å². The molecule has 0 aliphatic carbocycles. The zero-order chi connectivity index (χ0) is 22.5. The minimum Gasteiger partial charge on any atom is -0.481 e. The van der Waals surface area contributed by atoms with E-state index >= 15 is 0 Å². The monoisotopic (exact) mass is 420 g/mol. The number of ether oxygens (including phenoxy) is 1. The van der Waals surface area contributed by atoms with Crippen molar-refractivity contribution in [3.63, 3.8) is 0 Å². The molecule has 0 saturated carbocycles. The molecule has 2 rings (SSSR count). The number of hydrogen-bond donors (Lipinski definition) is 3. The van der Waals surface area contributed by atoms with Crippen molar-refractivity contribution in [2.75, 3.05) is 18.4 Å². The van der Waals surface area contributed by atoms with Gasteiger partial charge in [0.05, 0.1) is 18.1 Å². The van der Waals surface area contributed by atoms with Crippen LogP contribution in [0.25, 0.3) is 0 Å². The molecule has 1 aromatic carbocycles. The number of carbonyl (C=O) groups excluding carboxylic acids is 2. The SMILES string of the molecule is CCC(=O)C(CC(=O)O)Nc1ccc(C2(O)CCN(C(=O)OC(C)(C)C)CC2)cc1. The summed E-state index contributed by atoms with van der Waals surface area (Å²) in [6.07, 6.45) is 0.342. The van der Waals surface area contributed by atoms with Gasteiger partial charge in [0.15, 0.2) is 5.78 Å². The molecule has 1 amide bonds. The number of hydrogen-bond acceptors (Lipinski definition) is 6. The van der Waals surface area contributed by atoms with Gasteiger partial charge in [0.2, 0.25) is 0 Å². The molecule has 0 bridgehead atoms. The van der Waals surface area contributed by atoms with E-state index in [-0.39, 0.29) is 24.7 Å². The second-order valence-corrected chi connectivity index (χ2v) is 8.69. The molecule has 1 heterocycles. The van der Waals surface area contributed by atoms with Gasteiger partial charge >= 0.3 is 12.1 Å². The Hall–Kier alpha value is -2.61. The molecule has 1 unspecified atom stereocenters. The first kappa shape index (κ1) is 23.7. The minimum atomic E-state index is -1.06. The smallest absolute Gasteiger partial charge is 0.410 e. The fourth-order valence-electron chi connectivity index (χ4n) is 3.42. The Morgan fingerprint density at radius 3 is 2.20 bits per heavy atom. The number of carbonyl (C=O) groups is 3. The third-order valence-electron chi connectivity index (χ3n) is 5.12. The molecule has 8 nitrogen and oxygen atoms in total. The van der Waals surface area contributed by atoms with Crippen LogP contribution in [0.5, 0.6) is 0 Å². The van der Waals surface area contributed by atoms with E-state index in [1.54, 1.807) is 36.1 Å². The number of likely N-dealkylation sites (tertiary alicyclic amines) is 1. The van der Waals surface area contributed by atoms with E-state index in [0.717, 1.165) is 0 Å². The maximum atomic E-state index is 12.2. The second-order valence-electron chi connectivity index (χ2n) is 8.69. The van der Waals surface area contributed by atoms with Gasteiger partial charge in [-0.25, -0.2) is 4.79 Å². The molecule has 0 radical (unpaired) electrons. The highest BCUT2D eigenvalue weighted by molar-refractivity contribution is 5.90. The van der Waals surface area contributed by atoms with E-state index in [9.17, 15) is 19.5 Å². The van der Waals surface area contributed by atoms with Gasteiger partial charge in [-0.2, -0.15) is 0 Å². The average Bonchev–Trinajstić information content (AvgIpc) is 2.66. The number of benzene rings is 1. The number of carboxylic acid groups (broad SMARTS) is 1. The Morgan fingerprint density at radius 1 is 1.17 bits per heavy atom. The van der Waals surface area contributed by atoms with Crippen molar-refractivity contribution in [3.8, 4) is 0 Å². The average molecular weight is 421 g/mol. The first-order valence-electron chi connectivity index (χ1n) is 10.3. The number of ketones is 1. The Kier molecular flexibility index (Phi) is 7.47. The van der Waals surface area contributed by atoms with Gasteiger partial charge in [-0.15, -0.1) is 0 Å². The summed E-state index contributed by atoms with van der Waals surface area (Å²) in [6, 6.07) is 6.19. The van der Waals surface area contributed by atoms with E-state index in [4.69, 9.17) is 9.84 Å². The molecule has 30 heavy (non-hydrogen) atoms. The Labute approximate surface area is 177 Å². The van der Waals surface area contributed by atoms with Crippen molar-refractivity contribution in [2.45, 2.75) is 70.6 Å². The normalized spacial score (nSPS) is 17.2. The van der Waals surface area contributed by atoms with Crippen molar-refractivity contribution in [1.29, 1.82) is 0 Å². The second kappa shape index (κ2) is 9.47. The lowest BCUT2D eigenvalue weighted by Gasteiger charge is -2.39. The van der Waals surface area contributed by atoms with E-state index in [1.165, 1.54) is 0 Å². The van der Waals surface area contributed by atoms with Crippen LogP contribution in [0.15, 0.2) is 24.3 Å². The third-order valence-corrected chi connectivity index (χ3v) is 5.12. The number of aliphatic carboxylic acids is 1. The van der Waals surface area contributed by atoms with Crippen molar-refractivity contribution >= 4 is 23.5 Å². The number of carboxylic acids is 1. The van der Waals surface area contributed by atoms with Gasteiger partial charge in [0, 0.05) is 25.2 Å². The summed E-state index contributed by atoms with van der Waals surface area (Å²) in [6.45, 7) is 7.91. The van der Waals surface area contributed by atoms with Crippen LogP contribution in [-0.4, -0.2) is 57.7 Å². The molecule has 166 valence electrons. The Balaban J connectivity index is 2.01.